The van der Waals surface area contributed by atoms with Crippen molar-refractivity contribution < 1.29 is 9.90 Å². The lowest BCUT2D eigenvalue weighted by Gasteiger charge is -2.16. The van der Waals surface area contributed by atoms with Crippen LogP contribution in [-0.2, 0) is 0 Å². The van der Waals surface area contributed by atoms with E-state index in [1.807, 2.05) is 32.0 Å². The molecule has 0 aliphatic heterocycles. The number of benzene rings is 1. The summed E-state index contributed by atoms with van der Waals surface area (Å²) in [6.07, 6.45) is 0. The number of carbonyl (C=O) groups is 1. The van der Waals surface area contributed by atoms with Crippen LogP contribution >= 0.6 is 0 Å². The first-order valence-electron chi connectivity index (χ1n) is 5.81. The Hall–Kier alpha value is -1.99. The monoisotopic (exact) mass is 246 g/mol. The van der Waals surface area contributed by atoms with Crippen molar-refractivity contribution >= 4 is 11.7 Å². The molecule has 0 atom stereocenters. The summed E-state index contributed by atoms with van der Waals surface area (Å²) < 4.78 is 0. The van der Waals surface area contributed by atoms with Gasteiger partial charge in [0.2, 0.25) is 0 Å². The van der Waals surface area contributed by atoms with E-state index in [2.05, 4.69) is 17.2 Å². The molecule has 0 fully saturated rings. The second-order valence-electron chi connectivity index (χ2n) is 3.95. The largest absolute Gasteiger partial charge is 0.384 e. The molecule has 0 saturated carbocycles. The highest BCUT2D eigenvalue weighted by molar-refractivity contribution is 5.90. The second kappa shape index (κ2) is 6.67. The van der Waals surface area contributed by atoms with Gasteiger partial charge in [-0.05, 0) is 31.5 Å². The van der Waals surface area contributed by atoms with Gasteiger partial charge < -0.3 is 15.3 Å². The highest BCUT2D eigenvalue weighted by atomic mass is 16.2. The number of aryl methyl sites for hydroxylation is 1. The first-order valence-corrected chi connectivity index (χ1v) is 5.81. The summed E-state index contributed by atoms with van der Waals surface area (Å²) in [6.45, 7) is 4.29. The first kappa shape index (κ1) is 14.1. The van der Waals surface area contributed by atoms with E-state index in [1.54, 1.807) is 11.9 Å². The third kappa shape index (κ3) is 3.79. The summed E-state index contributed by atoms with van der Waals surface area (Å²) in [5.41, 5.74) is 2.41. The quantitative estimate of drug-likeness (QED) is 0.782. The maximum atomic E-state index is 11.8. The number of urea groups is 1. The molecule has 4 heteroatoms. The highest BCUT2D eigenvalue weighted by Crippen LogP contribution is 2.17. The fourth-order valence-corrected chi connectivity index (χ4v) is 1.36. The molecule has 2 N–H and O–H groups in total. The molecule has 1 aromatic carbocycles. The fourth-order valence-electron chi connectivity index (χ4n) is 1.36. The van der Waals surface area contributed by atoms with Crippen molar-refractivity contribution in [3.8, 4) is 11.8 Å². The van der Waals surface area contributed by atoms with Gasteiger partial charge in [0.1, 0.15) is 6.61 Å². The molecule has 18 heavy (non-hydrogen) atoms. The predicted molar refractivity (Wildman–Crippen MR) is 72.5 cm³/mol. The number of hydrogen-bond donors (Lipinski definition) is 2. The number of aliphatic hydroxyl groups excluding tert-OH is 1. The van der Waals surface area contributed by atoms with Crippen molar-refractivity contribution in [1.82, 2.24) is 4.90 Å². The molecule has 0 spiro atoms. The van der Waals surface area contributed by atoms with Crippen molar-refractivity contribution in [3.63, 3.8) is 0 Å². The molecule has 0 bridgehead atoms. The van der Waals surface area contributed by atoms with E-state index < -0.39 is 0 Å². The van der Waals surface area contributed by atoms with Crippen molar-refractivity contribution in [2.75, 3.05) is 25.5 Å². The summed E-state index contributed by atoms with van der Waals surface area (Å²) in [6, 6.07) is 5.44. The van der Waals surface area contributed by atoms with Crippen LogP contribution in [0.4, 0.5) is 10.5 Å². The molecule has 1 rings (SSSR count). The molecule has 0 aromatic heterocycles. The Labute approximate surface area is 108 Å². The van der Waals surface area contributed by atoms with Crippen LogP contribution in [0.2, 0.25) is 0 Å². The van der Waals surface area contributed by atoms with Gasteiger partial charge in [0, 0.05) is 19.2 Å². The number of aliphatic hydroxyl groups is 1. The van der Waals surface area contributed by atoms with Crippen LogP contribution < -0.4 is 5.32 Å². The highest BCUT2D eigenvalue weighted by Gasteiger charge is 2.09. The lowest BCUT2D eigenvalue weighted by Crippen LogP contribution is -2.31. The van der Waals surface area contributed by atoms with Gasteiger partial charge in [-0.15, -0.1) is 0 Å². The van der Waals surface area contributed by atoms with Gasteiger partial charge in [0.05, 0.1) is 5.69 Å². The van der Waals surface area contributed by atoms with Crippen LogP contribution in [-0.4, -0.2) is 36.2 Å². The second-order valence-corrected chi connectivity index (χ2v) is 3.95. The Morgan fingerprint density at radius 2 is 2.22 bits per heavy atom. The Morgan fingerprint density at radius 1 is 1.50 bits per heavy atom. The van der Waals surface area contributed by atoms with Crippen LogP contribution in [0.3, 0.4) is 0 Å². The minimum absolute atomic E-state index is 0.171. The van der Waals surface area contributed by atoms with E-state index in [0.29, 0.717) is 17.8 Å². The number of amides is 2. The van der Waals surface area contributed by atoms with Crippen LogP contribution in [0.5, 0.6) is 0 Å². The van der Waals surface area contributed by atoms with Gasteiger partial charge in [-0.3, -0.25) is 0 Å². The topological polar surface area (TPSA) is 52.6 Å². The van der Waals surface area contributed by atoms with Gasteiger partial charge in [0.25, 0.3) is 0 Å². The molecule has 0 heterocycles. The van der Waals surface area contributed by atoms with Crippen molar-refractivity contribution in [2.45, 2.75) is 13.8 Å². The van der Waals surface area contributed by atoms with Crippen LogP contribution in [0.25, 0.3) is 0 Å². The zero-order valence-electron chi connectivity index (χ0n) is 10.9. The molecule has 1 aromatic rings. The van der Waals surface area contributed by atoms with Crippen molar-refractivity contribution in [2.24, 2.45) is 0 Å². The maximum absolute atomic E-state index is 11.8. The van der Waals surface area contributed by atoms with E-state index in [9.17, 15) is 4.79 Å². The summed E-state index contributed by atoms with van der Waals surface area (Å²) in [7, 11) is 1.73. The molecule has 4 nitrogen and oxygen atoms in total. The number of nitrogens with one attached hydrogen (secondary N) is 1. The summed E-state index contributed by atoms with van der Waals surface area (Å²) >= 11 is 0. The minimum Gasteiger partial charge on any atom is -0.384 e. The molecular weight excluding hydrogens is 228 g/mol. The molecule has 0 saturated heterocycles. The van der Waals surface area contributed by atoms with Gasteiger partial charge >= 0.3 is 6.03 Å². The zero-order chi connectivity index (χ0) is 13.5. The number of nitrogens with zero attached hydrogens (tertiary/aromatic N) is 1. The summed E-state index contributed by atoms with van der Waals surface area (Å²) in [4.78, 5) is 13.4. The average Bonchev–Trinajstić information content (AvgIpc) is 2.36. The van der Waals surface area contributed by atoms with Gasteiger partial charge in [-0.25, -0.2) is 4.79 Å². The maximum Gasteiger partial charge on any atom is 0.321 e. The third-order valence-corrected chi connectivity index (χ3v) is 2.54. The Kier molecular flexibility index (Phi) is 5.22. The van der Waals surface area contributed by atoms with Crippen LogP contribution in [0.1, 0.15) is 18.1 Å². The molecular formula is C14H18N2O2. The van der Waals surface area contributed by atoms with E-state index >= 15 is 0 Å². The Balaban J connectivity index is 2.99. The SMILES string of the molecule is CCN(C)C(=O)Nc1cc(C)ccc1C#CCO. The zero-order valence-corrected chi connectivity index (χ0v) is 10.9. The predicted octanol–water partition coefficient (Wildman–Crippen LogP) is 1.82. The lowest BCUT2D eigenvalue weighted by atomic mass is 10.1. The number of rotatable bonds is 2. The Bertz CT molecular complexity index is 486. The molecule has 0 radical (unpaired) electrons. The third-order valence-electron chi connectivity index (χ3n) is 2.54. The number of hydrogen-bond acceptors (Lipinski definition) is 2. The van der Waals surface area contributed by atoms with E-state index in [1.165, 1.54) is 0 Å². The summed E-state index contributed by atoms with van der Waals surface area (Å²) in [5.74, 6) is 5.40. The van der Waals surface area contributed by atoms with Gasteiger partial charge in [-0.2, -0.15) is 0 Å². The molecule has 0 aliphatic carbocycles. The smallest absolute Gasteiger partial charge is 0.321 e. The van der Waals surface area contributed by atoms with E-state index in [-0.39, 0.29) is 12.6 Å². The van der Waals surface area contributed by atoms with Crippen LogP contribution in [0, 0.1) is 18.8 Å². The van der Waals surface area contributed by atoms with Gasteiger partial charge in [-0.1, -0.05) is 17.9 Å². The van der Waals surface area contributed by atoms with Crippen molar-refractivity contribution in [1.29, 1.82) is 0 Å². The molecule has 0 unspecified atom stereocenters. The van der Waals surface area contributed by atoms with Crippen LogP contribution in [0.15, 0.2) is 18.2 Å². The normalized spacial score (nSPS) is 9.33. The standard InChI is InChI=1S/C14H18N2O2/c1-4-16(3)14(18)15-13-10-11(2)7-8-12(13)6-5-9-17/h7-8,10,17H,4,9H2,1-3H3,(H,15,18). The fraction of sp³-hybridized carbons (Fsp3) is 0.357. The molecule has 0 aliphatic rings. The van der Waals surface area contributed by atoms with Gasteiger partial charge in [0.15, 0.2) is 0 Å². The van der Waals surface area contributed by atoms with E-state index in [0.717, 1.165) is 5.56 Å². The average molecular weight is 246 g/mol. The molecule has 96 valence electrons. The lowest BCUT2D eigenvalue weighted by molar-refractivity contribution is 0.224. The Morgan fingerprint density at radius 3 is 2.83 bits per heavy atom. The van der Waals surface area contributed by atoms with Crippen molar-refractivity contribution in [3.05, 3.63) is 29.3 Å². The first-order chi connectivity index (χ1) is 8.58. The van der Waals surface area contributed by atoms with E-state index in [4.69, 9.17) is 5.11 Å². The summed E-state index contributed by atoms with van der Waals surface area (Å²) in [5, 5.41) is 11.5. The minimum atomic E-state index is -0.198. The number of carbonyl (C=O) groups excluding carboxylic acids is 1. The number of anilines is 1. The molecule has 2 amide bonds.